The number of likely N-dealkylation sites (N-methyl/N-ethyl adjacent to an activating group) is 1. The second kappa shape index (κ2) is 10.6. The van der Waals surface area contributed by atoms with Gasteiger partial charge in [0, 0.05) is 24.9 Å². The highest BCUT2D eigenvalue weighted by molar-refractivity contribution is 5.97. The molecule has 150 valence electrons. The summed E-state index contributed by atoms with van der Waals surface area (Å²) in [6.45, 7) is 2.55. The molecule has 0 aliphatic heterocycles. The Bertz CT molecular complexity index is 785. The van der Waals surface area contributed by atoms with Crippen LogP contribution in [0.4, 0.5) is 0 Å². The minimum Gasteiger partial charge on any atom is -0.497 e. The van der Waals surface area contributed by atoms with Crippen LogP contribution in [-0.4, -0.2) is 44.3 Å². The highest BCUT2D eigenvalue weighted by Crippen LogP contribution is 2.22. The predicted octanol–water partition coefficient (Wildman–Crippen LogP) is 3.64. The van der Waals surface area contributed by atoms with Crippen LogP contribution in [-0.2, 0) is 11.2 Å². The molecule has 5 nitrogen and oxygen atoms in total. The number of rotatable bonds is 10. The number of amides is 1. The van der Waals surface area contributed by atoms with E-state index in [1.54, 1.807) is 7.11 Å². The first kappa shape index (κ1) is 21.6. The maximum absolute atomic E-state index is 12.3. The average molecular weight is 383 g/mol. The number of benzene rings is 2. The fourth-order valence-corrected chi connectivity index (χ4v) is 3.04. The third-order valence-electron chi connectivity index (χ3n) is 4.86. The quantitative estimate of drug-likeness (QED) is 0.638. The SMILES string of the molecule is CCc1ccc(C(=O)CCC(=O)NCC(c2cccc(OC)c2)N(C)C)cc1. The highest BCUT2D eigenvalue weighted by Gasteiger charge is 2.16. The van der Waals surface area contributed by atoms with E-state index >= 15 is 0 Å². The minimum absolute atomic E-state index is 0.00485. The number of nitrogens with one attached hydrogen (secondary N) is 1. The summed E-state index contributed by atoms with van der Waals surface area (Å²) in [5, 5.41) is 2.95. The molecule has 1 atom stereocenters. The van der Waals surface area contributed by atoms with Crippen molar-refractivity contribution >= 4 is 11.7 Å². The molecule has 1 unspecified atom stereocenters. The number of aryl methyl sites for hydroxylation is 1. The second-order valence-corrected chi connectivity index (χ2v) is 7.03. The highest BCUT2D eigenvalue weighted by atomic mass is 16.5. The second-order valence-electron chi connectivity index (χ2n) is 7.03. The van der Waals surface area contributed by atoms with Crippen molar-refractivity contribution in [3.8, 4) is 5.75 Å². The Kier molecular flexibility index (Phi) is 8.20. The molecule has 0 radical (unpaired) electrons. The maximum Gasteiger partial charge on any atom is 0.220 e. The van der Waals surface area contributed by atoms with Gasteiger partial charge in [-0.1, -0.05) is 43.3 Å². The van der Waals surface area contributed by atoms with Crippen molar-refractivity contribution in [3.63, 3.8) is 0 Å². The molecule has 2 aromatic carbocycles. The number of carbonyl (C=O) groups excluding carboxylic acids is 2. The fourth-order valence-electron chi connectivity index (χ4n) is 3.04. The Morgan fingerprint density at radius 3 is 2.39 bits per heavy atom. The third-order valence-corrected chi connectivity index (χ3v) is 4.86. The van der Waals surface area contributed by atoms with Crippen molar-refractivity contribution in [2.75, 3.05) is 27.7 Å². The molecular weight excluding hydrogens is 352 g/mol. The van der Waals surface area contributed by atoms with Crippen LogP contribution >= 0.6 is 0 Å². The summed E-state index contributed by atoms with van der Waals surface area (Å²) >= 11 is 0. The van der Waals surface area contributed by atoms with Gasteiger partial charge in [-0.15, -0.1) is 0 Å². The Morgan fingerprint density at radius 2 is 1.79 bits per heavy atom. The molecule has 28 heavy (non-hydrogen) atoms. The van der Waals surface area contributed by atoms with Gasteiger partial charge in [0.05, 0.1) is 13.2 Å². The van der Waals surface area contributed by atoms with Crippen molar-refractivity contribution in [2.45, 2.75) is 32.2 Å². The summed E-state index contributed by atoms with van der Waals surface area (Å²) in [6.07, 6.45) is 1.34. The van der Waals surface area contributed by atoms with E-state index in [-0.39, 0.29) is 30.6 Å². The summed E-state index contributed by atoms with van der Waals surface area (Å²) in [6, 6.07) is 15.4. The molecule has 0 aliphatic carbocycles. The Morgan fingerprint density at radius 1 is 1.07 bits per heavy atom. The molecule has 0 bridgehead atoms. The van der Waals surface area contributed by atoms with E-state index < -0.39 is 0 Å². The molecule has 0 aliphatic rings. The van der Waals surface area contributed by atoms with Gasteiger partial charge in [0.15, 0.2) is 5.78 Å². The monoisotopic (exact) mass is 382 g/mol. The van der Waals surface area contributed by atoms with E-state index in [0.29, 0.717) is 12.1 Å². The van der Waals surface area contributed by atoms with Crippen molar-refractivity contribution in [2.24, 2.45) is 0 Å². The maximum atomic E-state index is 12.3. The van der Waals surface area contributed by atoms with Crippen LogP contribution in [0.3, 0.4) is 0 Å². The summed E-state index contributed by atoms with van der Waals surface area (Å²) < 4.78 is 5.29. The number of Topliss-reactive ketones (excluding diaryl/α,β-unsaturated/α-hetero) is 1. The van der Waals surface area contributed by atoms with Crippen LogP contribution < -0.4 is 10.1 Å². The number of ketones is 1. The van der Waals surface area contributed by atoms with Gasteiger partial charge < -0.3 is 15.0 Å². The standard InChI is InChI=1S/C23H30N2O3/c1-5-17-9-11-18(12-10-17)22(26)13-14-23(27)24-16-21(25(2)3)19-7-6-8-20(15-19)28-4/h6-12,15,21H,5,13-14,16H2,1-4H3,(H,24,27). The Hall–Kier alpha value is -2.66. The van der Waals surface area contributed by atoms with Gasteiger partial charge in [0.1, 0.15) is 5.75 Å². The molecule has 2 aromatic rings. The summed E-state index contributed by atoms with van der Waals surface area (Å²) in [5.41, 5.74) is 2.92. The Balaban J connectivity index is 1.87. The zero-order chi connectivity index (χ0) is 20.5. The number of carbonyl (C=O) groups is 2. The lowest BCUT2D eigenvalue weighted by molar-refractivity contribution is -0.121. The van der Waals surface area contributed by atoms with E-state index in [4.69, 9.17) is 4.74 Å². The van der Waals surface area contributed by atoms with E-state index in [9.17, 15) is 9.59 Å². The lowest BCUT2D eigenvalue weighted by Crippen LogP contribution is -2.34. The molecule has 1 N–H and O–H groups in total. The molecule has 0 aromatic heterocycles. The Labute approximate surface area is 167 Å². The van der Waals surface area contributed by atoms with Crippen LogP contribution in [0.5, 0.6) is 5.75 Å². The first-order chi connectivity index (χ1) is 13.4. The predicted molar refractivity (Wildman–Crippen MR) is 112 cm³/mol. The van der Waals surface area contributed by atoms with Crippen molar-refractivity contribution in [3.05, 3.63) is 65.2 Å². The molecule has 5 heteroatoms. The average Bonchev–Trinajstić information content (AvgIpc) is 2.72. The van der Waals surface area contributed by atoms with Gasteiger partial charge in [0.25, 0.3) is 0 Å². The topological polar surface area (TPSA) is 58.6 Å². The van der Waals surface area contributed by atoms with E-state index in [1.165, 1.54) is 5.56 Å². The van der Waals surface area contributed by atoms with E-state index in [2.05, 4.69) is 17.1 Å². The number of methoxy groups -OCH3 is 1. The van der Waals surface area contributed by atoms with Gasteiger partial charge >= 0.3 is 0 Å². The van der Waals surface area contributed by atoms with Crippen LogP contribution in [0.25, 0.3) is 0 Å². The number of hydrogen-bond acceptors (Lipinski definition) is 4. The minimum atomic E-state index is -0.117. The van der Waals surface area contributed by atoms with Crippen molar-refractivity contribution < 1.29 is 14.3 Å². The lowest BCUT2D eigenvalue weighted by Gasteiger charge is -2.25. The largest absolute Gasteiger partial charge is 0.497 e. The molecular formula is C23H30N2O3. The van der Waals surface area contributed by atoms with Crippen LogP contribution in [0.1, 0.15) is 47.3 Å². The number of ether oxygens (including phenoxy) is 1. The first-order valence-electron chi connectivity index (χ1n) is 9.63. The van der Waals surface area contributed by atoms with Crippen LogP contribution in [0.2, 0.25) is 0 Å². The smallest absolute Gasteiger partial charge is 0.220 e. The fraction of sp³-hybridized carbons (Fsp3) is 0.391. The normalized spacial score (nSPS) is 11.9. The summed E-state index contributed by atoms with van der Waals surface area (Å²) in [5.74, 6) is 0.665. The zero-order valence-electron chi connectivity index (χ0n) is 17.2. The summed E-state index contributed by atoms with van der Waals surface area (Å²) in [4.78, 5) is 26.6. The molecule has 0 heterocycles. The summed E-state index contributed by atoms with van der Waals surface area (Å²) in [7, 11) is 5.58. The van der Waals surface area contributed by atoms with Gasteiger partial charge in [-0.05, 0) is 43.8 Å². The third kappa shape index (κ3) is 6.20. The molecule has 0 saturated carbocycles. The lowest BCUT2D eigenvalue weighted by atomic mass is 10.0. The number of nitrogens with zero attached hydrogens (tertiary/aromatic N) is 1. The van der Waals surface area contributed by atoms with Crippen molar-refractivity contribution in [1.82, 2.24) is 10.2 Å². The first-order valence-corrected chi connectivity index (χ1v) is 9.63. The van der Waals surface area contributed by atoms with Crippen molar-refractivity contribution in [1.29, 1.82) is 0 Å². The molecule has 0 spiro atoms. The molecule has 0 fully saturated rings. The van der Waals surface area contributed by atoms with E-state index in [0.717, 1.165) is 17.7 Å². The molecule has 1 amide bonds. The zero-order valence-corrected chi connectivity index (χ0v) is 17.2. The van der Waals surface area contributed by atoms with E-state index in [1.807, 2.05) is 62.6 Å². The van der Waals surface area contributed by atoms with Gasteiger partial charge in [0.2, 0.25) is 5.91 Å². The van der Waals surface area contributed by atoms with Gasteiger partial charge in [-0.3, -0.25) is 9.59 Å². The van der Waals surface area contributed by atoms with Gasteiger partial charge in [-0.25, -0.2) is 0 Å². The van der Waals surface area contributed by atoms with Crippen LogP contribution in [0, 0.1) is 0 Å². The number of hydrogen-bond donors (Lipinski definition) is 1. The van der Waals surface area contributed by atoms with Gasteiger partial charge in [-0.2, -0.15) is 0 Å². The molecule has 0 saturated heterocycles. The molecule has 2 rings (SSSR count). The van der Waals surface area contributed by atoms with Crippen LogP contribution in [0.15, 0.2) is 48.5 Å².